The second-order valence-corrected chi connectivity index (χ2v) is 8.64. The first-order chi connectivity index (χ1) is 14.6. The van der Waals surface area contributed by atoms with Crippen LogP contribution in [0.4, 0.5) is 0 Å². The smallest absolute Gasteiger partial charge is 0.209 e. The van der Waals surface area contributed by atoms with E-state index in [0.717, 1.165) is 51.1 Å². The predicted octanol–water partition coefficient (Wildman–Crippen LogP) is 4.14. The van der Waals surface area contributed by atoms with Gasteiger partial charge in [0.25, 0.3) is 0 Å². The highest BCUT2D eigenvalue weighted by Gasteiger charge is 2.13. The third kappa shape index (κ3) is 6.45. The molecule has 0 saturated carbocycles. The molecule has 0 amide bonds. The number of aryl methyl sites for hydroxylation is 2. The number of nitrogens with zero attached hydrogens (tertiary/aromatic N) is 4. The molecule has 3 aromatic rings. The SMILES string of the molecule is CCOc1cc(CNCCSc2nnnn2C)cc(Br)c1OCc1ccc(C)cc1. The maximum atomic E-state index is 6.08. The van der Waals surface area contributed by atoms with E-state index in [1.807, 2.05) is 20.0 Å². The van der Waals surface area contributed by atoms with E-state index in [0.29, 0.717) is 13.2 Å². The average molecular weight is 492 g/mol. The van der Waals surface area contributed by atoms with Crippen molar-refractivity contribution in [1.82, 2.24) is 25.5 Å². The van der Waals surface area contributed by atoms with E-state index in [1.54, 1.807) is 16.4 Å². The Bertz CT molecular complexity index is 949. The van der Waals surface area contributed by atoms with Crippen LogP contribution in [0.1, 0.15) is 23.6 Å². The molecule has 1 aromatic heterocycles. The highest BCUT2D eigenvalue weighted by atomic mass is 79.9. The molecule has 0 spiro atoms. The number of thioether (sulfide) groups is 1. The number of benzene rings is 2. The Balaban J connectivity index is 1.56. The molecule has 0 bridgehead atoms. The van der Waals surface area contributed by atoms with Crippen molar-refractivity contribution in [3.63, 3.8) is 0 Å². The minimum absolute atomic E-state index is 0.491. The Morgan fingerprint density at radius 3 is 2.63 bits per heavy atom. The maximum Gasteiger partial charge on any atom is 0.209 e. The molecule has 160 valence electrons. The number of tetrazole rings is 1. The molecule has 0 radical (unpaired) electrons. The molecule has 0 fully saturated rings. The zero-order chi connectivity index (χ0) is 21.3. The average Bonchev–Trinajstić information content (AvgIpc) is 3.13. The van der Waals surface area contributed by atoms with Crippen LogP contribution in [0.15, 0.2) is 46.0 Å². The summed E-state index contributed by atoms with van der Waals surface area (Å²) in [5.41, 5.74) is 3.48. The number of nitrogens with one attached hydrogen (secondary N) is 1. The van der Waals surface area contributed by atoms with Crippen molar-refractivity contribution >= 4 is 27.7 Å². The molecule has 0 aliphatic rings. The van der Waals surface area contributed by atoms with Gasteiger partial charge in [-0.1, -0.05) is 41.6 Å². The summed E-state index contributed by atoms with van der Waals surface area (Å²) in [6.07, 6.45) is 0. The maximum absolute atomic E-state index is 6.08. The summed E-state index contributed by atoms with van der Waals surface area (Å²) in [7, 11) is 1.84. The second-order valence-electron chi connectivity index (χ2n) is 6.72. The van der Waals surface area contributed by atoms with Gasteiger partial charge in [-0.15, -0.1) is 5.10 Å². The van der Waals surface area contributed by atoms with Gasteiger partial charge in [-0.3, -0.25) is 0 Å². The fourth-order valence-electron chi connectivity index (χ4n) is 2.76. The molecule has 0 aliphatic heterocycles. The number of rotatable bonds is 11. The predicted molar refractivity (Wildman–Crippen MR) is 122 cm³/mol. The topological polar surface area (TPSA) is 74.1 Å². The van der Waals surface area contributed by atoms with Crippen molar-refractivity contribution in [1.29, 1.82) is 0 Å². The molecule has 1 heterocycles. The second kappa shape index (κ2) is 11.3. The summed E-state index contributed by atoms with van der Waals surface area (Å²) in [6.45, 7) is 6.69. The minimum atomic E-state index is 0.491. The lowest BCUT2D eigenvalue weighted by Crippen LogP contribution is -2.17. The standard InChI is InChI=1S/C21H26BrN5O2S/c1-4-28-19-12-17(13-23-9-10-30-21-24-25-26-27(21)3)11-18(22)20(19)29-14-16-7-5-15(2)6-8-16/h5-8,11-12,23H,4,9-10,13-14H2,1-3H3. The summed E-state index contributed by atoms with van der Waals surface area (Å²) in [5.74, 6) is 2.35. The van der Waals surface area contributed by atoms with E-state index >= 15 is 0 Å². The van der Waals surface area contributed by atoms with E-state index in [9.17, 15) is 0 Å². The van der Waals surface area contributed by atoms with Gasteiger partial charge in [0.05, 0.1) is 11.1 Å². The fourth-order valence-corrected chi connectivity index (χ4v) is 4.11. The molecule has 7 nitrogen and oxygen atoms in total. The van der Waals surface area contributed by atoms with Gasteiger partial charge in [-0.05, 0) is 63.5 Å². The monoisotopic (exact) mass is 491 g/mol. The van der Waals surface area contributed by atoms with Gasteiger partial charge >= 0.3 is 0 Å². The van der Waals surface area contributed by atoms with Crippen LogP contribution in [0.25, 0.3) is 0 Å². The normalized spacial score (nSPS) is 10.9. The molecule has 0 aliphatic carbocycles. The van der Waals surface area contributed by atoms with E-state index in [2.05, 4.69) is 74.0 Å². The Kier molecular flexibility index (Phi) is 8.53. The molecule has 30 heavy (non-hydrogen) atoms. The fraction of sp³-hybridized carbons (Fsp3) is 0.381. The van der Waals surface area contributed by atoms with Gasteiger partial charge in [-0.2, -0.15) is 0 Å². The molecule has 0 unspecified atom stereocenters. The van der Waals surface area contributed by atoms with Crippen LogP contribution in [-0.4, -0.2) is 39.1 Å². The van der Waals surface area contributed by atoms with E-state index in [4.69, 9.17) is 9.47 Å². The van der Waals surface area contributed by atoms with E-state index in [1.165, 1.54) is 5.56 Å². The van der Waals surface area contributed by atoms with Crippen LogP contribution in [0.5, 0.6) is 11.5 Å². The van der Waals surface area contributed by atoms with Crippen LogP contribution >= 0.6 is 27.7 Å². The number of hydrogen-bond acceptors (Lipinski definition) is 7. The van der Waals surface area contributed by atoms with Gasteiger partial charge in [0, 0.05) is 25.9 Å². The van der Waals surface area contributed by atoms with Crippen molar-refractivity contribution in [2.45, 2.75) is 32.2 Å². The third-order valence-corrected chi connectivity index (χ3v) is 5.89. The zero-order valence-corrected chi connectivity index (χ0v) is 19.8. The van der Waals surface area contributed by atoms with Crippen LogP contribution in [-0.2, 0) is 20.2 Å². The highest BCUT2D eigenvalue weighted by Crippen LogP contribution is 2.37. The first-order valence-electron chi connectivity index (χ1n) is 9.76. The molecule has 3 rings (SSSR count). The number of hydrogen-bond donors (Lipinski definition) is 1. The van der Waals surface area contributed by atoms with E-state index < -0.39 is 0 Å². The molecular weight excluding hydrogens is 466 g/mol. The van der Waals surface area contributed by atoms with Crippen molar-refractivity contribution in [2.24, 2.45) is 7.05 Å². The summed E-state index contributed by atoms with van der Waals surface area (Å²) in [5, 5.41) is 15.7. The van der Waals surface area contributed by atoms with Gasteiger partial charge in [0.15, 0.2) is 11.5 Å². The Morgan fingerprint density at radius 1 is 1.13 bits per heavy atom. The van der Waals surface area contributed by atoms with Crippen molar-refractivity contribution in [3.05, 3.63) is 57.6 Å². The van der Waals surface area contributed by atoms with Gasteiger partial charge in [0.2, 0.25) is 5.16 Å². The largest absolute Gasteiger partial charge is 0.490 e. The lowest BCUT2D eigenvalue weighted by atomic mass is 10.1. The molecule has 2 aromatic carbocycles. The lowest BCUT2D eigenvalue weighted by molar-refractivity contribution is 0.267. The minimum Gasteiger partial charge on any atom is -0.490 e. The van der Waals surface area contributed by atoms with E-state index in [-0.39, 0.29) is 0 Å². The number of halogens is 1. The Hall–Kier alpha value is -2.10. The summed E-state index contributed by atoms with van der Waals surface area (Å²) in [4.78, 5) is 0. The molecular formula is C21H26BrN5O2S. The highest BCUT2D eigenvalue weighted by molar-refractivity contribution is 9.10. The lowest BCUT2D eigenvalue weighted by Gasteiger charge is -2.16. The summed E-state index contributed by atoms with van der Waals surface area (Å²) in [6, 6.07) is 12.4. The Labute approximate surface area is 189 Å². The summed E-state index contributed by atoms with van der Waals surface area (Å²) >= 11 is 5.27. The quantitative estimate of drug-likeness (QED) is 0.319. The van der Waals surface area contributed by atoms with Crippen molar-refractivity contribution in [3.8, 4) is 11.5 Å². The molecule has 0 atom stereocenters. The van der Waals surface area contributed by atoms with Crippen molar-refractivity contribution < 1.29 is 9.47 Å². The number of aromatic nitrogens is 4. The molecule has 1 N–H and O–H groups in total. The van der Waals surface area contributed by atoms with Crippen molar-refractivity contribution in [2.75, 3.05) is 18.9 Å². The molecule has 9 heteroatoms. The first kappa shape index (κ1) is 22.6. The van der Waals surface area contributed by atoms with Crippen LogP contribution in [0.2, 0.25) is 0 Å². The third-order valence-electron chi connectivity index (χ3n) is 4.29. The van der Waals surface area contributed by atoms with Gasteiger partial charge in [0.1, 0.15) is 6.61 Å². The van der Waals surface area contributed by atoms with Crippen LogP contribution in [0.3, 0.4) is 0 Å². The molecule has 0 saturated heterocycles. The van der Waals surface area contributed by atoms with Crippen LogP contribution < -0.4 is 14.8 Å². The number of ether oxygens (including phenoxy) is 2. The summed E-state index contributed by atoms with van der Waals surface area (Å²) < 4.78 is 14.5. The zero-order valence-electron chi connectivity index (χ0n) is 17.4. The Morgan fingerprint density at radius 2 is 1.93 bits per heavy atom. The van der Waals surface area contributed by atoms with Gasteiger partial charge < -0.3 is 14.8 Å². The first-order valence-corrected chi connectivity index (χ1v) is 11.5. The van der Waals surface area contributed by atoms with Crippen LogP contribution in [0, 0.1) is 6.92 Å². The van der Waals surface area contributed by atoms with Gasteiger partial charge in [-0.25, -0.2) is 4.68 Å².